The van der Waals surface area contributed by atoms with Crippen molar-refractivity contribution in [3.63, 3.8) is 0 Å². The molecule has 6 heterocycles. The molecule has 0 fully saturated rings. The maximum absolute atomic E-state index is 10.0. The fourth-order valence-electron chi connectivity index (χ4n) is 4.92. The molecule has 0 aliphatic carbocycles. The first kappa shape index (κ1) is 42.0. The Morgan fingerprint density at radius 2 is 0.981 bits per heavy atom. The molecule has 0 saturated carbocycles. The summed E-state index contributed by atoms with van der Waals surface area (Å²) in [5, 5.41) is 11.7. The summed E-state index contributed by atoms with van der Waals surface area (Å²) < 4.78 is 16.9. The summed E-state index contributed by atoms with van der Waals surface area (Å²) in [6.07, 6.45) is 12.1. The van der Waals surface area contributed by atoms with E-state index in [0.29, 0.717) is 0 Å². The normalized spacial score (nSPS) is 10.4. The molecule has 2 radical (unpaired) electrons. The van der Waals surface area contributed by atoms with Gasteiger partial charge in [-0.2, -0.15) is 4.37 Å². The summed E-state index contributed by atoms with van der Waals surface area (Å²) in [6.45, 7) is 2.85. The van der Waals surface area contributed by atoms with Crippen molar-refractivity contribution >= 4 is 70.6 Å². The number of pyridine rings is 3. The molecule has 0 saturated heterocycles. The first-order chi connectivity index (χ1) is 25.5. The average molecular weight is 1120 g/mol. The van der Waals surface area contributed by atoms with Gasteiger partial charge in [0.25, 0.3) is 0 Å². The van der Waals surface area contributed by atoms with Crippen LogP contribution in [0.4, 0.5) is 0 Å². The number of allylic oxidation sites excluding steroid dienone is 2. The molecule has 0 aliphatic rings. The van der Waals surface area contributed by atoms with E-state index in [1.165, 1.54) is 59.2 Å². The van der Waals surface area contributed by atoms with Crippen molar-refractivity contribution < 1.29 is 50.1 Å². The average Bonchev–Trinajstić information content (AvgIpc) is 3.94. The summed E-state index contributed by atoms with van der Waals surface area (Å²) in [5.41, 5.74) is 6.18. The monoisotopic (exact) mass is 1120 g/mol. The van der Waals surface area contributed by atoms with Gasteiger partial charge in [0.2, 0.25) is 0 Å². The van der Waals surface area contributed by atoms with E-state index in [-0.39, 0.29) is 51.8 Å². The number of rotatable bonds is 4. The van der Waals surface area contributed by atoms with Crippen LogP contribution < -0.4 is 0 Å². The van der Waals surface area contributed by atoms with E-state index in [1.54, 1.807) is 18.6 Å². The van der Waals surface area contributed by atoms with Crippen LogP contribution in [0.3, 0.4) is 0 Å². The number of nitrogens with zero attached hydrogens (tertiary/aromatic N) is 6. The second kappa shape index (κ2) is 21.2. The first-order valence-electron chi connectivity index (χ1n) is 15.9. The third kappa shape index (κ3) is 11.2. The van der Waals surface area contributed by atoms with Crippen molar-refractivity contribution in [1.29, 1.82) is 0 Å². The van der Waals surface area contributed by atoms with E-state index in [2.05, 4.69) is 52.3 Å². The molecule has 0 spiro atoms. The van der Waals surface area contributed by atoms with Crippen molar-refractivity contribution in [1.82, 2.24) is 28.1 Å². The number of carbonyl (C=O) groups excluding carboxylic acids is 1. The third-order valence-electron chi connectivity index (χ3n) is 7.20. The van der Waals surface area contributed by atoms with Gasteiger partial charge in [0, 0.05) is 115 Å². The zero-order valence-electron chi connectivity index (χ0n) is 28.7. The Bertz CT molecular complexity index is 2280. The topological polar surface area (TPSA) is 115 Å². The first-order valence-corrected chi connectivity index (χ1v) is 18.3. The van der Waals surface area contributed by atoms with Crippen molar-refractivity contribution in [2.24, 2.45) is 0 Å². The van der Waals surface area contributed by atoms with Gasteiger partial charge < -0.3 is 5.11 Å². The van der Waals surface area contributed by atoms with Gasteiger partial charge in [-0.05, 0) is 77.4 Å². The summed E-state index contributed by atoms with van der Waals surface area (Å²) in [4.78, 5) is 22.4. The number of aromatic nitrogens is 6. The van der Waals surface area contributed by atoms with Crippen LogP contribution in [0.1, 0.15) is 13.8 Å². The zero-order chi connectivity index (χ0) is 36.1. The van der Waals surface area contributed by atoms with E-state index in [0.717, 1.165) is 59.3 Å². The number of carbonyl (C=O) groups is 1. The Balaban J connectivity index is 0.000000164. The third-order valence-corrected chi connectivity index (χ3v) is 9.68. The number of benzene rings is 3. The second-order valence-corrected chi connectivity index (χ2v) is 13.4. The minimum Gasteiger partial charge on any atom is -0.512 e. The van der Waals surface area contributed by atoms with Crippen molar-refractivity contribution in [2.75, 3.05) is 0 Å². The van der Waals surface area contributed by atoms with Gasteiger partial charge in [-0.15, -0.1) is 71.8 Å². The molecule has 6 aromatic heterocycles. The van der Waals surface area contributed by atoms with Gasteiger partial charge in [-0.25, -0.2) is 8.75 Å². The van der Waals surface area contributed by atoms with E-state index >= 15 is 0 Å². The van der Waals surface area contributed by atoms with Crippen molar-refractivity contribution in [2.45, 2.75) is 13.8 Å². The van der Waals surface area contributed by atoms with Gasteiger partial charge in [-0.1, -0.05) is 30.3 Å². The Morgan fingerprint density at radius 1 is 0.574 bits per heavy atom. The van der Waals surface area contributed by atoms with Gasteiger partial charge in [0.05, 0.1) is 16.2 Å². The van der Waals surface area contributed by atoms with Crippen LogP contribution in [0.5, 0.6) is 0 Å². The number of hydrogen-bond donors (Lipinski definition) is 1. The van der Waals surface area contributed by atoms with Gasteiger partial charge in [0.1, 0.15) is 0 Å². The van der Waals surface area contributed by atoms with Gasteiger partial charge >= 0.3 is 0 Å². The molecule has 3 aromatic carbocycles. The predicted molar refractivity (Wildman–Crippen MR) is 213 cm³/mol. The fourth-order valence-corrected chi connectivity index (χ4v) is 7.19. The van der Waals surface area contributed by atoms with E-state index in [4.69, 9.17) is 5.11 Å². The molecule has 0 aliphatic heterocycles. The van der Waals surface area contributed by atoms with Gasteiger partial charge in [-0.3, -0.25) is 19.7 Å². The number of hydrogen-bond acceptors (Lipinski definition) is 11. The summed E-state index contributed by atoms with van der Waals surface area (Å²) in [6, 6.07) is 38.3. The Labute approximate surface area is 351 Å². The number of aliphatic hydroxyl groups is 1. The SMILES string of the molecule is CC(=O)C=C(C)O.[Ir].[Ir].[c-]1ccccc1-c1nsc2ccncc12.[c-]1ccccc1-c1nsc2ccncc12.c1ccc(-c2nsc3ccncc23)cc1. The second-order valence-electron chi connectivity index (χ2n) is 11.0. The molecular formula is C41H30Ir2N6O2S3-2. The van der Waals surface area contributed by atoms with Crippen molar-refractivity contribution in [3.8, 4) is 33.8 Å². The molecule has 0 bridgehead atoms. The maximum Gasteiger partial charge on any atom is 0.155 e. The van der Waals surface area contributed by atoms with E-state index < -0.39 is 0 Å². The molecule has 9 aromatic rings. The van der Waals surface area contributed by atoms with Crippen LogP contribution in [-0.2, 0) is 45.0 Å². The van der Waals surface area contributed by atoms with Crippen molar-refractivity contribution in [3.05, 3.63) is 158 Å². The minimum absolute atomic E-state index is 0. The molecule has 0 unspecified atom stereocenters. The molecule has 9 rings (SSSR count). The van der Waals surface area contributed by atoms with Crippen LogP contribution in [0.15, 0.2) is 146 Å². The molecule has 1 N–H and O–H groups in total. The predicted octanol–water partition coefficient (Wildman–Crippen LogP) is 10.7. The standard InChI is InChI=1S/C12H8N2S.2C12H7N2S.C5H8O2.2Ir/c3*1-2-4-9(5-3-1)12-10-8-13-7-6-11(10)15-14-12;1-4(6)3-5(2)7;;/h1-8H;2*1-4,6-8H;3,6H,1-2H3;;/q;2*-1;;;. The minimum atomic E-state index is -0.125. The molecule has 274 valence electrons. The number of fused-ring (bicyclic) bond motifs is 3. The number of ketones is 1. The number of aliphatic hydroxyl groups excluding tert-OH is 1. The summed E-state index contributed by atoms with van der Waals surface area (Å²) in [7, 11) is 0. The molecular weight excluding hydrogens is 1090 g/mol. The Hall–Kier alpha value is -4.71. The fraction of sp³-hybridized carbons (Fsp3) is 0.0488. The molecule has 0 amide bonds. The molecule has 0 atom stereocenters. The molecule has 13 heteroatoms. The molecule has 8 nitrogen and oxygen atoms in total. The van der Waals surface area contributed by atoms with E-state index in [1.807, 2.05) is 104 Å². The van der Waals surface area contributed by atoms with Crippen LogP contribution in [-0.4, -0.2) is 39.0 Å². The Kier molecular flexibility index (Phi) is 16.5. The van der Waals surface area contributed by atoms with Crippen LogP contribution in [0, 0.1) is 12.1 Å². The van der Waals surface area contributed by atoms with Crippen LogP contribution in [0.2, 0.25) is 0 Å². The van der Waals surface area contributed by atoms with E-state index in [9.17, 15) is 4.79 Å². The maximum atomic E-state index is 10.0. The largest absolute Gasteiger partial charge is 0.512 e. The molecule has 54 heavy (non-hydrogen) atoms. The van der Waals surface area contributed by atoms with Gasteiger partial charge in [0.15, 0.2) is 5.78 Å². The zero-order valence-corrected chi connectivity index (χ0v) is 35.9. The summed E-state index contributed by atoms with van der Waals surface area (Å²) >= 11 is 4.52. The quantitative estimate of drug-likeness (QED) is 0.105. The van der Waals surface area contributed by atoms with Crippen LogP contribution >= 0.6 is 34.6 Å². The smallest absolute Gasteiger partial charge is 0.155 e. The van der Waals surface area contributed by atoms with Crippen LogP contribution in [0.25, 0.3) is 64.0 Å². The summed E-state index contributed by atoms with van der Waals surface area (Å²) in [5.74, 6) is -0.0625. The Morgan fingerprint density at radius 3 is 1.35 bits per heavy atom.